The fourth-order valence-electron chi connectivity index (χ4n) is 1.85. The summed E-state index contributed by atoms with van der Waals surface area (Å²) in [4.78, 5) is 23.1. The molecule has 0 saturated carbocycles. The van der Waals surface area contributed by atoms with Gasteiger partial charge in [0.25, 0.3) is 0 Å². The molecule has 0 saturated heterocycles. The lowest BCUT2D eigenvalue weighted by Gasteiger charge is -2.09. The Labute approximate surface area is 137 Å². The van der Waals surface area contributed by atoms with Gasteiger partial charge in [-0.05, 0) is 35.9 Å². The summed E-state index contributed by atoms with van der Waals surface area (Å²) in [5.74, 6) is -0.908. The maximum atomic E-state index is 13.6. The van der Waals surface area contributed by atoms with Gasteiger partial charge in [0.2, 0.25) is 5.91 Å². The third-order valence-electron chi connectivity index (χ3n) is 2.95. The Morgan fingerprint density at radius 3 is 2.48 bits per heavy atom. The Morgan fingerprint density at radius 1 is 1.13 bits per heavy atom. The molecule has 5 nitrogen and oxygen atoms in total. The number of ether oxygens (including phenoxy) is 1. The summed E-state index contributed by atoms with van der Waals surface area (Å²) in [5.41, 5.74) is 1.07. The third-order valence-corrected chi connectivity index (χ3v) is 3.20. The largest absolute Gasteiger partial charge is 0.453 e. The molecule has 2 rings (SSSR count). The van der Waals surface area contributed by atoms with E-state index in [0.29, 0.717) is 10.7 Å². The number of amides is 2. The van der Waals surface area contributed by atoms with Crippen LogP contribution >= 0.6 is 11.6 Å². The number of hydrogen-bond donors (Lipinski definition) is 2. The van der Waals surface area contributed by atoms with E-state index in [1.807, 2.05) is 0 Å². The first kappa shape index (κ1) is 16.8. The van der Waals surface area contributed by atoms with Gasteiger partial charge in [-0.1, -0.05) is 23.7 Å². The van der Waals surface area contributed by atoms with Crippen molar-refractivity contribution in [3.05, 3.63) is 58.9 Å². The van der Waals surface area contributed by atoms with Gasteiger partial charge < -0.3 is 10.1 Å². The monoisotopic (exact) mass is 336 g/mol. The van der Waals surface area contributed by atoms with Crippen LogP contribution in [-0.4, -0.2) is 19.1 Å². The summed E-state index contributed by atoms with van der Waals surface area (Å²) in [6.45, 7) is 0. The maximum absolute atomic E-state index is 13.6. The summed E-state index contributed by atoms with van der Waals surface area (Å²) in [6, 6.07) is 10.7. The molecule has 0 radical (unpaired) electrons. The predicted octanol–water partition coefficient (Wildman–Crippen LogP) is 3.84. The Bertz CT molecular complexity index is 720. The van der Waals surface area contributed by atoms with Crippen molar-refractivity contribution in [1.82, 2.24) is 0 Å². The highest BCUT2D eigenvalue weighted by molar-refractivity contribution is 6.30. The molecule has 0 unspecified atom stereocenters. The van der Waals surface area contributed by atoms with Crippen molar-refractivity contribution in [3.8, 4) is 0 Å². The van der Waals surface area contributed by atoms with Crippen LogP contribution in [0, 0.1) is 5.82 Å². The standard InChI is InChI=1S/C16H14ClFN2O3/c1-23-16(22)20-14-9-12(6-7-13(14)18)19-15(21)8-10-2-4-11(17)5-3-10/h2-7,9H,8H2,1H3,(H,19,21)(H,20,22). The number of anilines is 2. The normalized spacial score (nSPS) is 10.0. The lowest BCUT2D eigenvalue weighted by atomic mass is 10.1. The van der Waals surface area contributed by atoms with E-state index in [9.17, 15) is 14.0 Å². The molecule has 0 aliphatic rings. The zero-order valence-corrected chi connectivity index (χ0v) is 13.0. The van der Waals surface area contributed by atoms with Gasteiger partial charge in [0.1, 0.15) is 5.82 Å². The number of carbonyl (C=O) groups excluding carboxylic acids is 2. The first-order valence-electron chi connectivity index (χ1n) is 6.67. The molecule has 7 heteroatoms. The Kier molecular flexibility index (Phi) is 5.54. The van der Waals surface area contributed by atoms with Crippen molar-refractivity contribution in [3.63, 3.8) is 0 Å². The minimum absolute atomic E-state index is 0.0823. The molecule has 120 valence electrons. The lowest BCUT2D eigenvalue weighted by Crippen LogP contribution is -2.16. The van der Waals surface area contributed by atoms with E-state index in [1.54, 1.807) is 24.3 Å². The first-order chi connectivity index (χ1) is 11.0. The van der Waals surface area contributed by atoms with Gasteiger partial charge in [-0.2, -0.15) is 0 Å². The van der Waals surface area contributed by atoms with Crippen LogP contribution < -0.4 is 10.6 Å². The number of benzene rings is 2. The van der Waals surface area contributed by atoms with E-state index < -0.39 is 11.9 Å². The molecular formula is C16H14ClFN2O3. The highest BCUT2D eigenvalue weighted by Gasteiger charge is 2.10. The van der Waals surface area contributed by atoms with Crippen molar-refractivity contribution >= 4 is 35.0 Å². The van der Waals surface area contributed by atoms with Gasteiger partial charge >= 0.3 is 6.09 Å². The van der Waals surface area contributed by atoms with E-state index in [-0.39, 0.29) is 18.0 Å². The fraction of sp³-hybridized carbons (Fsp3) is 0.125. The molecule has 0 heterocycles. The minimum Gasteiger partial charge on any atom is -0.453 e. The molecule has 2 aromatic rings. The van der Waals surface area contributed by atoms with E-state index in [4.69, 9.17) is 11.6 Å². The van der Waals surface area contributed by atoms with E-state index >= 15 is 0 Å². The quantitative estimate of drug-likeness (QED) is 0.891. The Balaban J connectivity index is 2.04. The summed E-state index contributed by atoms with van der Waals surface area (Å²) in [7, 11) is 1.17. The van der Waals surface area contributed by atoms with Crippen LogP contribution in [0.1, 0.15) is 5.56 Å². The van der Waals surface area contributed by atoms with Crippen LogP contribution in [0.2, 0.25) is 5.02 Å². The predicted molar refractivity (Wildman–Crippen MR) is 86.2 cm³/mol. The second-order valence-corrected chi connectivity index (χ2v) is 5.10. The topological polar surface area (TPSA) is 67.4 Å². The zero-order valence-electron chi connectivity index (χ0n) is 12.2. The summed E-state index contributed by atoms with van der Waals surface area (Å²) < 4.78 is 18.0. The van der Waals surface area contributed by atoms with Gasteiger partial charge in [-0.25, -0.2) is 9.18 Å². The molecule has 0 aromatic heterocycles. The minimum atomic E-state index is -0.798. The number of rotatable bonds is 4. The van der Waals surface area contributed by atoms with Gasteiger partial charge in [-0.3, -0.25) is 10.1 Å². The van der Waals surface area contributed by atoms with E-state index in [2.05, 4.69) is 15.4 Å². The third kappa shape index (κ3) is 4.96. The number of methoxy groups -OCH3 is 1. The van der Waals surface area contributed by atoms with Crippen molar-refractivity contribution in [2.24, 2.45) is 0 Å². The second kappa shape index (κ2) is 7.60. The van der Waals surface area contributed by atoms with Crippen molar-refractivity contribution in [2.75, 3.05) is 17.7 Å². The molecule has 0 aliphatic heterocycles. The van der Waals surface area contributed by atoms with Crippen LogP contribution in [-0.2, 0) is 16.0 Å². The number of hydrogen-bond acceptors (Lipinski definition) is 3. The molecule has 0 spiro atoms. The summed E-state index contributed by atoms with van der Waals surface area (Å²) in [6.07, 6.45) is -0.651. The molecule has 2 N–H and O–H groups in total. The first-order valence-corrected chi connectivity index (χ1v) is 7.04. The van der Waals surface area contributed by atoms with Gasteiger partial charge in [0.15, 0.2) is 0 Å². The van der Waals surface area contributed by atoms with E-state index in [0.717, 1.165) is 11.6 Å². The van der Waals surface area contributed by atoms with Crippen LogP contribution in [0.4, 0.5) is 20.6 Å². The van der Waals surface area contributed by atoms with Crippen molar-refractivity contribution in [2.45, 2.75) is 6.42 Å². The second-order valence-electron chi connectivity index (χ2n) is 4.66. The van der Waals surface area contributed by atoms with Gasteiger partial charge in [0.05, 0.1) is 19.2 Å². The average molecular weight is 337 g/mol. The molecule has 2 amide bonds. The molecular weight excluding hydrogens is 323 g/mol. The van der Waals surface area contributed by atoms with Crippen LogP contribution in [0.25, 0.3) is 0 Å². The summed E-state index contributed by atoms with van der Waals surface area (Å²) in [5, 5.41) is 5.45. The Morgan fingerprint density at radius 2 is 1.83 bits per heavy atom. The number of nitrogens with one attached hydrogen (secondary N) is 2. The Hall–Kier alpha value is -2.60. The number of halogens is 2. The fourth-order valence-corrected chi connectivity index (χ4v) is 1.98. The maximum Gasteiger partial charge on any atom is 0.411 e. The molecule has 0 fully saturated rings. The van der Waals surface area contributed by atoms with Gasteiger partial charge in [0, 0.05) is 10.7 Å². The molecule has 0 bridgehead atoms. The highest BCUT2D eigenvalue weighted by Crippen LogP contribution is 2.20. The number of carbonyl (C=O) groups is 2. The SMILES string of the molecule is COC(=O)Nc1cc(NC(=O)Cc2ccc(Cl)cc2)ccc1F. The van der Waals surface area contributed by atoms with Crippen LogP contribution in [0.15, 0.2) is 42.5 Å². The average Bonchev–Trinajstić information content (AvgIpc) is 2.52. The van der Waals surface area contributed by atoms with Crippen molar-refractivity contribution < 1.29 is 18.7 Å². The molecule has 2 aromatic carbocycles. The van der Waals surface area contributed by atoms with Crippen molar-refractivity contribution in [1.29, 1.82) is 0 Å². The lowest BCUT2D eigenvalue weighted by molar-refractivity contribution is -0.115. The zero-order chi connectivity index (χ0) is 16.8. The van der Waals surface area contributed by atoms with Crippen LogP contribution in [0.5, 0.6) is 0 Å². The summed E-state index contributed by atoms with van der Waals surface area (Å²) >= 11 is 5.78. The molecule has 0 atom stereocenters. The van der Waals surface area contributed by atoms with E-state index in [1.165, 1.54) is 19.2 Å². The smallest absolute Gasteiger partial charge is 0.411 e. The highest BCUT2D eigenvalue weighted by atomic mass is 35.5. The van der Waals surface area contributed by atoms with Crippen LogP contribution in [0.3, 0.4) is 0 Å². The molecule has 23 heavy (non-hydrogen) atoms. The van der Waals surface area contributed by atoms with Gasteiger partial charge in [-0.15, -0.1) is 0 Å². The molecule has 0 aliphatic carbocycles.